The Kier molecular flexibility index (Phi) is 3.42. The van der Waals surface area contributed by atoms with E-state index in [2.05, 4.69) is 0 Å². The Bertz CT molecular complexity index is 472. The lowest BCUT2D eigenvalue weighted by molar-refractivity contribution is -0.385. The number of benzene rings is 1. The van der Waals surface area contributed by atoms with Crippen LogP contribution >= 0.6 is 11.8 Å². The predicted octanol–water partition coefficient (Wildman–Crippen LogP) is 2.81. The van der Waals surface area contributed by atoms with Crippen molar-refractivity contribution < 1.29 is 14.1 Å². The second kappa shape index (κ2) is 4.83. The molecule has 1 heterocycles. The predicted molar refractivity (Wildman–Crippen MR) is 62.9 cm³/mol. The third-order valence-corrected chi connectivity index (χ3v) is 4.03. The van der Waals surface area contributed by atoms with Gasteiger partial charge in [-0.2, -0.15) is 11.8 Å². The minimum atomic E-state index is -0.809. The number of nitro benzene ring substituents is 1. The maximum atomic E-state index is 13.6. The Labute approximate surface area is 101 Å². The molecule has 4 nitrogen and oxygen atoms in total. The molecule has 90 valence electrons. The van der Waals surface area contributed by atoms with Gasteiger partial charge >= 0.3 is 0 Å². The lowest BCUT2D eigenvalue weighted by atomic mass is 10.0. The van der Waals surface area contributed by atoms with Crippen molar-refractivity contribution in [3.05, 3.63) is 39.7 Å². The number of ketones is 1. The number of thioether (sulfide) groups is 1. The fourth-order valence-corrected chi connectivity index (χ4v) is 3.00. The van der Waals surface area contributed by atoms with Crippen molar-refractivity contribution in [2.24, 2.45) is 0 Å². The molecule has 0 aromatic heterocycles. The number of nitro groups is 1. The zero-order valence-corrected chi connectivity index (χ0v) is 9.71. The highest BCUT2D eigenvalue weighted by atomic mass is 32.2. The SMILES string of the molecule is O=C(c1ccc([N+](=O)[O-])cc1F)C1CCCS1. The highest BCUT2D eigenvalue weighted by Gasteiger charge is 2.27. The number of carbonyl (C=O) groups is 1. The highest BCUT2D eigenvalue weighted by molar-refractivity contribution is 8.00. The molecule has 0 bridgehead atoms. The molecule has 6 heteroatoms. The molecule has 1 unspecified atom stereocenters. The van der Waals surface area contributed by atoms with E-state index in [-0.39, 0.29) is 22.3 Å². The van der Waals surface area contributed by atoms with Gasteiger partial charge in [-0.05, 0) is 24.7 Å². The fraction of sp³-hybridized carbons (Fsp3) is 0.364. The topological polar surface area (TPSA) is 60.2 Å². The molecular formula is C11H10FNO3S. The van der Waals surface area contributed by atoms with Crippen molar-refractivity contribution in [2.75, 3.05) is 5.75 Å². The molecular weight excluding hydrogens is 245 g/mol. The normalized spacial score (nSPS) is 19.2. The summed E-state index contributed by atoms with van der Waals surface area (Å²) in [5, 5.41) is 10.2. The summed E-state index contributed by atoms with van der Waals surface area (Å²) in [7, 11) is 0. The Morgan fingerprint density at radius 2 is 2.29 bits per heavy atom. The van der Waals surface area contributed by atoms with Crippen LogP contribution in [0.3, 0.4) is 0 Å². The summed E-state index contributed by atoms with van der Waals surface area (Å²) in [6.45, 7) is 0. The monoisotopic (exact) mass is 255 g/mol. The molecule has 17 heavy (non-hydrogen) atoms. The van der Waals surface area contributed by atoms with Crippen LogP contribution in [0.15, 0.2) is 18.2 Å². The van der Waals surface area contributed by atoms with Gasteiger partial charge in [0, 0.05) is 6.07 Å². The van der Waals surface area contributed by atoms with E-state index in [0.717, 1.165) is 30.7 Å². The van der Waals surface area contributed by atoms with Gasteiger partial charge in [-0.3, -0.25) is 14.9 Å². The molecule has 1 aromatic rings. The zero-order valence-electron chi connectivity index (χ0n) is 8.89. The number of non-ortho nitro benzene ring substituents is 1. The van der Waals surface area contributed by atoms with Crippen molar-refractivity contribution in [3.8, 4) is 0 Å². The third kappa shape index (κ3) is 2.46. The van der Waals surface area contributed by atoms with Crippen LogP contribution in [0.4, 0.5) is 10.1 Å². The van der Waals surface area contributed by atoms with Crippen LogP contribution in [-0.2, 0) is 0 Å². The molecule has 1 aliphatic heterocycles. The first-order valence-electron chi connectivity index (χ1n) is 5.19. The molecule has 0 amide bonds. The second-order valence-electron chi connectivity index (χ2n) is 3.79. The summed E-state index contributed by atoms with van der Waals surface area (Å²) in [5.41, 5.74) is -0.381. The first-order chi connectivity index (χ1) is 8.09. The average Bonchev–Trinajstić information content (AvgIpc) is 2.81. The van der Waals surface area contributed by atoms with Gasteiger partial charge in [-0.1, -0.05) is 0 Å². The van der Waals surface area contributed by atoms with Crippen molar-refractivity contribution >= 4 is 23.2 Å². The molecule has 1 atom stereocenters. The first-order valence-corrected chi connectivity index (χ1v) is 6.24. The lowest BCUT2D eigenvalue weighted by Gasteiger charge is -2.07. The molecule has 0 radical (unpaired) electrons. The van der Waals surface area contributed by atoms with Gasteiger partial charge in [0.2, 0.25) is 0 Å². The Morgan fingerprint density at radius 3 is 2.82 bits per heavy atom. The number of Topliss-reactive ketones (excluding diaryl/α,β-unsaturated/α-hetero) is 1. The number of nitrogens with zero attached hydrogens (tertiary/aromatic N) is 1. The molecule has 1 aromatic carbocycles. The van der Waals surface area contributed by atoms with Crippen molar-refractivity contribution in [3.63, 3.8) is 0 Å². The van der Waals surface area contributed by atoms with Gasteiger partial charge in [0.25, 0.3) is 5.69 Å². The van der Waals surface area contributed by atoms with Gasteiger partial charge in [0.15, 0.2) is 5.78 Å². The van der Waals surface area contributed by atoms with Crippen LogP contribution in [0.2, 0.25) is 0 Å². The zero-order chi connectivity index (χ0) is 12.4. The first kappa shape index (κ1) is 12.0. The van der Waals surface area contributed by atoms with E-state index in [1.54, 1.807) is 0 Å². The Morgan fingerprint density at radius 1 is 1.53 bits per heavy atom. The summed E-state index contributed by atoms with van der Waals surface area (Å²) in [5.74, 6) is -0.165. The second-order valence-corrected chi connectivity index (χ2v) is 5.10. The van der Waals surface area contributed by atoms with Crippen LogP contribution in [0.1, 0.15) is 23.2 Å². The molecule has 1 fully saturated rings. The Hall–Kier alpha value is -1.43. The largest absolute Gasteiger partial charge is 0.293 e. The average molecular weight is 255 g/mol. The van der Waals surface area contributed by atoms with E-state index >= 15 is 0 Å². The van der Waals surface area contributed by atoms with Gasteiger partial charge < -0.3 is 0 Å². The molecule has 2 rings (SSSR count). The molecule has 1 aliphatic rings. The van der Waals surface area contributed by atoms with E-state index in [0.29, 0.717) is 0 Å². The van der Waals surface area contributed by atoms with E-state index in [4.69, 9.17) is 0 Å². The highest BCUT2D eigenvalue weighted by Crippen LogP contribution is 2.30. The van der Waals surface area contributed by atoms with E-state index in [9.17, 15) is 19.3 Å². The molecule has 0 aliphatic carbocycles. The van der Waals surface area contributed by atoms with Gasteiger partial charge in [-0.25, -0.2) is 4.39 Å². The molecule has 0 spiro atoms. The van der Waals surface area contributed by atoms with Crippen molar-refractivity contribution in [1.82, 2.24) is 0 Å². The quantitative estimate of drug-likeness (QED) is 0.473. The van der Waals surface area contributed by atoms with Crippen LogP contribution in [0, 0.1) is 15.9 Å². The van der Waals surface area contributed by atoms with Crippen LogP contribution < -0.4 is 0 Å². The number of carbonyl (C=O) groups excluding carboxylic acids is 1. The van der Waals surface area contributed by atoms with Gasteiger partial charge in [0.05, 0.1) is 21.8 Å². The summed E-state index contributed by atoms with van der Waals surface area (Å²) in [6, 6.07) is 3.16. The third-order valence-electron chi connectivity index (χ3n) is 2.65. The summed E-state index contributed by atoms with van der Waals surface area (Å²) in [4.78, 5) is 21.7. The van der Waals surface area contributed by atoms with Crippen molar-refractivity contribution in [2.45, 2.75) is 18.1 Å². The number of hydrogen-bond acceptors (Lipinski definition) is 4. The maximum absolute atomic E-state index is 13.6. The molecule has 1 saturated heterocycles. The number of halogens is 1. The summed E-state index contributed by atoms with van der Waals surface area (Å²) in [6.07, 6.45) is 1.70. The smallest absolute Gasteiger partial charge is 0.272 e. The minimum absolute atomic E-state index is 0.0463. The van der Waals surface area contributed by atoms with Crippen LogP contribution in [0.5, 0.6) is 0 Å². The van der Waals surface area contributed by atoms with Crippen LogP contribution in [0.25, 0.3) is 0 Å². The van der Waals surface area contributed by atoms with Gasteiger partial charge in [0.1, 0.15) is 5.82 Å². The molecule has 0 N–H and O–H groups in total. The lowest BCUT2D eigenvalue weighted by Crippen LogP contribution is -2.15. The van der Waals surface area contributed by atoms with E-state index in [1.165, 1.54) is 17.8 Å². The summed E-state index contributed by atoms with van der Waals surface area (Å²) >= 11 is 1.51. The number of rotatable bonds is 3. The molecule has 0 saturated carbocycles. The standard InChI is InChI=1S/C11H10FNO3S/c12-9-6-7(13(15)16)3-4-8(9)11(14)10-2-1-5-17-10/h3-4,6,10H,1-2,5H2. The Balaban J connectivity index is 2.26. The van der Waals surface area contributed by atoms with E-state index in [1.807, 2.05) is 0 Å². The van der Waals surface area contributed by atoms with E-state index < -0.39 is 10.7 Å². The van der Waals surface area contributed by atoms with Crippen LogP contribution in [-0.4, -0.2) is 21.7 Å². The maximum Gasteiger partial charge on any atom is 0.272 e. The number of hydrogen-bond donors (Lipinski definition) is 0. The van der Waals surface area contributed by atoms with Gasteiger partial charge in [-0.15, -0.1) is 0 Å². The van der Waals surface area contributed by atoms with Crippen molar-refractivity contribution in [1.29, 1.82) is 0 Å². The minimum Gasteiger partial charge on any atom is -0.293 e. The summed E-state index contributed by atoms with van der Waals surface area (Å²) < 4.78 is 13.6. The fourth-order valence-electron chi connectivity index (χ4n) is 1.78.